The zero-order chi connectivity index (χ0) is 13.8. The summed E-state index contributed by atoms with van der Waals surface area (Å²) in [5, 5.41) is 4.95. The topological polar surface area (TPSA) is 86.5 Å². The molecule has 0 fully saturated rings. The summed E-state index contributed by atoms with van der Waals surface area (Å²) in [7, 11) is -3.50. The molecule has 0 saturated carbocycles. The Hall–Kier alpha value is -1.40. The van der Waals surface area contributed by atoms with Gasteiger partial charge in [-0.2, -0.15) is 0 Å². The summed E-state index contributed by atoms with van der Waals surface area (Å²) < 4.78 is 27.3. The van der Waals surface area contributed by atoms with Crippen molar-refractivity contribution in [3.8, 4) is 5.75 Å². The lowest BCUT2D eigenvalue weighted by molar-refractivity contribution is 0.101. The second-order valence-corrected chi connectivity index (χ2v) is 5.96. The second kappa shape index (κ2) is 5.97. The van der Waals surface area contributed by atoms with Crippen LogP contribution in [0.25, 0.3) is 0 Å². The van der Waals surface area contributed by atoms with Crippen LogP contribution in [-0.4, -0.2) is 26.6 Å². The molecule has 1 aromatic rings. The highest BCUT2D eigenvalue weighted by atomic mass is 32.2. The number of carbonyl (C=O) groups excluding carboxylic acids is 1. The molecule has 0 radical (unpaired) electrons. The number of rotatable bonds is 6. The fourth-order valence-corrected chi connectivity index (χ4v) is 2.45. The van der Waals surface area contributed by atoms with Crippen molar-refractivity contribution in [2.75, 3.05) is 12.4 Å². The van der Waals surface area contributed by atoms with E-state index in [-0.39, 0.29) is 24.1 Å². The summed E-state index contributed by atoms with van der Waals surface area (Å²) in [6, 6.07) is 6.85. The minimum absolute atomic E-state index is 0.0929. The molecular weight excluding hydrogens is 254 g/mol. The third kappa shape index (κ3) is 4.85. The van der Waals surface area contributed by atoms with Gasteiger partial charge < -0.3 is 4.74 Å². The summed E-state index contributed by atoms with van der Waals surface area (Å²) >= 11 is 0. The Kier molecular flexibility index (Phi) is 4.86. The number of hydrogen-bond acceptors (Lipinski definition) is 4. The van der Waals surface area contributed by atoms with Crippen LogP contribution in [0.1, 0.15) is 24.2 Å². The van der Waals surface area contributed by atoms with Gasteiger partial charge in [-0.15, -0.1) is 0 Å². The van der Waals surface area contributed by atoms with Crippen LogP contribution in [0.15, 0.2) is 24.3 Å². The predicted octanol–water partition coefficient (Wildman–Crippen LogP) is 1.19. The molecule has 6 heteroatoms. The van der Waals surface area contributed by atoms with Gasteiger partial charge in [0.15, 0.2) is 5.78 Å². The lowest BCUT2D eigenvalue weighted by atomic mass is 10.1. The predicted molar refractivity (Wildman–Crippen MR) is 69.1 cm³/mol. The molecule has 0 aromatic heterocycles. The van der Waals surface area contributed by atoms with E-state index >= 15 is 0 Å². The van der Waals surface area contributed by atoms with Gasteiger partial charge in [0.2, 0.25) is 10.0 Å². The van der Waals surface area contributed by atoms with E-state index in [0.29, 0.717) is 11.3 Å². The average molecular weight is 271 g/mol. The van der Waals surface area contributed by atoms with Crippen LogP contribution in [-0.2, 0) is 10.0 Å². The molecule has 1 aromatic carbocycles. The van der Waals surface area contributed by atoms with Crippen LogP contribution in [0.4, 0.5) is 0 Å². The molecule has 0 heterocycles. The van der Waals surface area contributed by atoms with Crippen molar-refractivity contribution >= 4 is 15.8 Å². The fraction of sp³-hybridized carbons (Fsp3) is 0.417. The molecule has 0 bridgehead atoms. The first kappa shape index (κ1) is 14.7. The molecule has 0 amide bonds. The standard InChI is InChI=1S/C12H17NO4S/c1-9(8-18(13,15)16)7-17-12-6-4-3-5-11(12)10(2)14/h3-6,9H,7-8H2,1-2H3,(H2,13,15,16). The monoisotopic (exact) mass is 271 g/mol. The van der Waals surface area contributed by atoms with E-state index in [0.717, 1.165) is 0 Å². The van der Waals surface area contributed by atoms with Crippen LogP contribution in [0.2, 0.25) is 0 Å². The number of Topliss-reactive ketones (excluding diaryl/α,β-unsaturated/α-hetero) is 1. The first-order valence-electron chi connectivity index (χ1n) is 5.53. The van der Waals surface area contributed by atoms with E-state index < -0.39 is 10.0 Å². The maximum atomic E-state index is 11.3. The molecule has 2 N–H and O–H groups in total. The van der Waals surface area contributed by atoms with Crippen molar-refractivity contribution in [2.45, 2.75) is 13.8 Å². The van der Waals surface area contributed by atoms with E-state index in [2.05, 4.69) is 0 Å². The summed E-state index contributed by atoms with van der Waals surface area (Å²) in [6.45, 7) is 3.37. The number of ether oxygens (including phenoxy) is 1. The lowest BCUT2D eigenvalue weighted by Gasteiger charge is -2.13. The zero-order valence-electron chi connectivity index (χ0n) is 10.4. The van der Waals surface area contributed by atoms with Crippen LogP contribution < -0.4 is 9.88 Å². The molecule has 0 spiro atoms. The number of benzene rings is 1. The molecule has 1 unspecified atom stereocenters. The third-order valence-corrected chi connectivity index (χ3v) is 3.34. The van der Waals surface area contributed by atoms with Crippen molar-refractivity contribution in [1.29, 1.82) is 0 Å². The lowest BCUT2D eigenvalue weighted by Crippen LogP contribution is -2.25. The summed E-state index contributed by atoms with van der Waals surface area (Å²) in [5.74, 6) is -0.00844. The normalized spacial score (nSPS) is 13.1. The highest BCUT2D eigenvalue weighted by Gasteiger charge is 2.13. The van der Waals surface area contributed by atoms with Gasteiger partial charge in [-0.1, -0.05) is 19.1 Å². The molecule has 5 nitrogen and oxygen atoms in total. The summed E-state index contributed by atoms with van der Waals surface area (Å²) in [4.78, 5) is 11.3. The van der Waals surface area contributed by atoms with Gasteiger partial charge in [-0.25, -0.2) is 13.6 Å². The first-order chi connectivity index (χ1) is 8.29. The Morgan fingerprint density at radius 2 is 2.00 bits per heavy atom. The van der Waals surface area contributed by atoms with Gasteiger partial charge >= 0.3 is 0 Å². The van der Waals surface area contributed by atoms with Gasteiger partial charge in [-0.3, -0.25) is 4.79 Å². The van der Waals surface area contributed by atoms with E-state index in [1.807, 2.05) is 0 Å². The van der Waals surface area contributed by atoms with Crippen molar-refractivity contribution in [3.63, 3.8) is 0 Å². The maximum Gasteiger partial charge on any atom is 0.209 e. The minimum atomic E-state index is -3.50. The van der Waals surface area contributed by atoms with Crippen molar-refractivity contribution < 1.29 is 17.9 Å². The van der Waals surface area contributed by atoms with Gasteiger partial charge in [-0.05, 0) is 19.1 Å². The SMILES string of the molecule is CC(=O)c1ccccc1OCC(C)CS(N)(=O)=O. The van der Waals surface area contributed by atoms with Gasteiger partial charge in [0, 0.05) is 5.92 Å². The van der Waals surface area contributed by atoms with Crippen LogP contribution in [0.3, 0.4) is 0 Å². The quantitative estimate of drug-likeness (QED) is 0.787. The van der Waals surface area contributed by atoms with Crippen molar-refractivity contribution in [3.05, 3.63) is 29.8 Å². The number of hydrogen-bond donors (Lipinski definition) is 1. The number of ketones is 1. The van der Waals surface area contributed by atoms with Crippen molar-refractivity contribution in [2.24, 2.45) is 11.1 Å². The highest BCUT2D eigenvalue weighted by molar-refractivity contribution is 7.89. The van der Waals surface area contributed by atoms with Gasteiger partial charge in [0.25, 0.3) is 0 Å². The van der Waals surface area contributed by atoms with Crippen LogP contribution in [0.5, 0.6) is 5.75 Å². The molecule has 0 saturated heterocycles. The first-order valence-corrected chi connectivity index (χ1v) is 7.24. The van der Waals surface area contributed by atoms with Gasteiger partial charge in [0.05, 0.1) is 17.9 Å². The minimum Gasteiger partial charge on any atom is -0.493 e. The summed E-state index contributed by atoms with van der Waals surface area (Å²) in [5.41, 5.74) is 0.486. The van der Waals surface area contributed by atoms with E-state index in [1.165, 1.54) is 6.92 Å². The molecular formula is C12H17NO4S. The Morgan fingerprint density at radius 3 is 2.56 bits per heavy atom. The Balaban J connectivity index is 2.67. The Labute approximate surface area is 107 Å². The molecule has 0 aliphatic rings. The van der Waals surface area contributed by atoms with Crippen LogP contribution in [0, 0.1) is 5.92 Å². The molecule has 0 aliphatic heterocycles. The smallest absolute Gasteiger partial charge is 0.209 e. The number of para-hydroxylation sites is 1. The van der Waals surface area contributed by atoms with E-state index in [1.54, 1.807) is 31.2 Å². The number of sulfonamides is 1. The second-order valence-electron chi connectivity index (χ2n) is 4.30. The van der Waals surface area contributed by atoms with E-state index in [4.69, 9.17) is 9.88 Å². The molecule has 1 atom stereocenters. The number of primary sulfonamides is 1. The third-order valence-electron chi connectivity index (χ3n) is 2.31. The maximum absolute atomic E-state index is 11.3. The largest absolute Gasteiger partial charge is 0.493 e. The Morgan fingerprint density at radius 1 is 1.39 bits per heavy atom. The molecule has 1 rings (SSSR count). The van der Waals surface area contributed by atoms with Crippen LogP contribution >= 0.6 is 0 Å². The molecule has 100 valence electrons. The fourth-order valence-electron chi connectivity index (χ4n) is 1.56. The van der Waals surface area contributed by atoms with Gasteiger partial charge in [0.1, 0.15) is 5.75 Å². The number of carbonyl (C=O) groups is 1. The number of nitrogens with two attached hydrogens (primary N) is 1. The molecule has 18 heavy (non-hydrogen) atoms. The zero-order valence-corrected chi connectivity index (χ0v) is 11.2. The Bertz CT molecular complexity index is 525. The highest BCUT2D eigenvalue weighted by Crippen LogP contribution is 2.19. The average Bonchev–Trinajstić information content (AvgIpc) is 2.24. The van der Waals surface area contributed by atoms with Crippen molar-refractivity contribution in [1.82, 2.24) is 0 Å². The summed E-state index contributed by atoms with van der Waals surface area (Å²) in [6.07, 6.45) is 0. The van der Waals surface area contributed by atoms with E-state index in [9.17, 15) is 13.2 Å². The molecule has 0 aliphatic carbocycles.